The van der Waals surface area contributed by atoms with Gasteiger partial charge in [-0.25, -0.2) is 6.04 Å². The third-order valence-electron chi connectivity index (χ3n) is 1.05. The van der Waals surface area contributed by atoms with Crippen LogP contribution < -0.4 is 5.32 Å². The molecule has 9 heavy (non-hydrogen) atoms. The van der Waals surface area contributed by atoms with Crippen molar-refractivity contribution >= 4 is 0 Å². The Morgan fingerprint density at radius 1 is 1.44 bits per heavy atom. The molecular formula is C6H12NOY-. The second kappa shape index (κ2) is 4.78. The van der Waals surface area contributed by atoms with Crippen molar-refractivity contribution in [1.82, 2.24) is 5.32 Å². The van der Waals surface area contributed by atoms with Crippen LogP contribution >= 0.6 is 0 Å². The molecule has 0 amide bonds. The summed E-state index contributed by atoms with van der Waals surface area (Å²) in [5, 5.41) is 3.27. The van der Waals surface area contributed by atoms with Gasteiger partial charge in [-0.15, -0.1) is 0 Å². The Morgan fingerprint density at radius 3 is 2.11 bits per heavy atom. The van der Waals surface area contributed by atoms with Crippen molar-refractivity contribution in [1.29, 1.82) is 0 Å². The quantitative estimate of drug-likeness (QED) is 0.661. The maximum Gasteiger partial charge on any atom is 0 e. The Balaban J connectivity index is 0.000000640. The van der Waals surface area contributed by atoms with E-state index in [1.54, 1.807) is 0 Å². The van der Waals surface area contributed by atoms with Gasteiger partial charge in [0.25, 0.3) is 0 Å². The summed E-state index contributed by atoms with van der Waals surface area (Å²) >= 11 is 0. The molecule has 0 saturated carbocycles. The standard InChI is InChI=1S/C6H12NO.Y/c1-5(2)7-6-3-8-4-6;/h5,7H,3-4H2,1-2H3;/q-1;. The fourth-order valence-electron chi connectivity index (χ4n) is 0.696. The second-order valence-electron chi connectivity index (χ2n) is 2.40. The molecule has 1 fully saturated rings. The van der Waals surface area contributed by atoms with Crippen LogP contribution in [-0.2, 0) is 37.4 Å². The minimum absolute atomic E-state index is 0. The molecule has 0 bridgehead atoms. The topological polar surface area (TPSA) is 21.3 Å². The van der Waals surface area contributed by atoms with E-state index in [9.17, 15) is 0 Å². The van der Waals surface area contributed by atoms with E-state index in [4.69, 9.17) is 4.74 Å². The molecule has 0 atom stereocenters. The van der Waals surface area contributed by atoms with E-state index < -0.39 is 0 Å². The zero-order chi connectivity index (χ0) is 5.98. The molecule has 1 N–H and O–H groups in total. The molecule has 0 aromatic rings. The van der Waals surface area contributed by atoms with Crippen LogP contribution in [0.25, 0.3) is 0 Å². The second-order valence-corrected chi connectivity index (χ2v) is 2.40. The largest absolute Gasteiger partial charge is 0.461 e. The van der Waals surface area contributed by atoms with E-state index in [-0.39, 0.29) is 32.7 Å². The van der Waals surface area contributed by atoms with Crippen molar-refractivity contribution in [2.24, 2.45) is 0 Å². The first kappa shape index (κ1) is 10.0. The molecule has 0 aliphatic carbocycles. The molecule has 0 aromatic heterocycles. The van der Waals surface area contributed by atoms with Crippen LogP contribution in [0, 0.1) is 6.04 Å². The van der Waals surface area contributed by atoms with Crippen LogP contribution in [-0.4, -0.2) is 19.3 Å². The van der Waals surface area contributed by atoms with Crippen molar-refractivity contribution < 1.29 is 37.4 Å². The van der Waals surface area contributed by atoms with Crippen LogP contribution in [0.3, 0.4) is 0 Å². The number of ether oxygens (including phenoxy) is 1. The van der Waals surface area contributed by atoms with Crippen molar-refractivity contribution in [3.8, 4) is 0 Å². The van der Waals surface area contributed by atoms with Gasteiger partial charge >= 0.3 is 0 Å². The SMILES string of the molecule is CC(C)N[C-]1COC1.[Y]. The van der Waals surface area contributed by atoms with Crippen molar-refractivity contribution in [2.45, 2.75) is 19.9 Å². The average molecular weight is 203 g/mol. The van der Waals surface area contributed by atoms with Gasteiger partial charge in [0.2, 0.25) is 0 Å². The van der Waals surface area contributed by atoms with E-state index in [0.29, 0.717) is 6.04 Å². The van der Waals surface area contributed by atoms with Gasteiger partial charge in [-0.2, -0.15) is 0 Å². The zero-order valence-corrected chi connectivity index (χ0v) is 8.82. The maximum absolute atomic E-state index is 4.94. The van der Waals surface area contributed by atoms with Crippen molar-refractivity contribution in [3.05, 3.63) is 6.04 Å². The minimum atomic E-state index is 0. The Morgan fingerprint density at radius 2 is 2.00 bits per heavy atom. The molecule has 1 aliphatic heterocycles. The molecule has 51 valence electrons. The normalized spacial score (nSPS) is 19.0. The Bertz CT molecular complexity index is 73.5. The summed E-state index contributed by atoms with van der Waals surface area (Å²) in [5.41, 5.74) is 0. The van der Waals surface area contributed by atoms with Crippen LogP contribution in [0.4, 0.5) is 0 Å². The van der Waals surface area contributed by atoms with Crippen LogP contribution in [0.2, 0.25) is 0 Å². The summed E-state index contributed by atoms with van der Waals surface area (Å²) in [6.45, 7) is 5.90. The number of rotatable bonds is 2. The van der Waals surface area contributed by atoms with Gasteiger partial charge in [0.1, 0.15) is 0 Å². The van der Waals surface area contributed by atoms with Gasteiger partial charge in [0.15, 0.2) is 0 Å². The molecular weight excluding hydrogens is 191 g/mol. The van der Waals surface area contributed by atoms with Gasteiger partial charge in [0.05, 0.1) is 0 Å². The number of hydrogen-bond donors (Lipinski definition) is 1. The van der Waals surface area contributed by atoms with Gasteiger partial charge < -0.3 is 10.1 Å². The third kappa shape index (κ3) is 3.66. The van der Waals surface area contributed by atoms with Crippen LogP contribution in [0.1, 0.15) is 13.8 Å². The summed E-state index contributed by atoms with van der Waals surface area (Å²) in [6.07, 6.45) is 0. The predicted molar refractivity (Wildman–Crippen MR) is 32.3 cm³/mol. The Hall–Kier alpha value is 1.02. The predicted octanol–water partition coefficient (Wildman–Crippen LogP) is 0.544. The first-order chi connectivity index (χ1) is 3.79. The first-order valence-corrected chi connectivity index (χ1v) is 2.98. The fraction of sp³-hybridized carbons (Fsp3) is 0.833. The van der Waals surface area contributed by atoms with E-state index in [2.05, 4.69) is 19.2 Å². The van der Waals surface area contributed by atoms with E-state index in [1.165, 1.54) is 6.04 Å². The van der Waals surface area contributed by atoms with E-state index in [1.807, 2.05) is 0 Å². The summed E-state index contributed by atoms with van der Waals surface area (Å²) in [4.78, 5) is 0. The maximum atomic E-state index is 4.94. The molecule has 1 heterocycles. The fourth-order valence-corrected chi connectivity index (χ4v) is 0.696. The molecule has 1 rings (SSSR count). The summed E-state index contributed by atoms with van der Waals surface area (Å²) < 4.78 is 4.94. The molecule has 3 heteroatoms. The van der Waals surface area contributed by atoms with Crippen LogP contribution in [0.5, 0.6) is 0 Å². The van der Waals surface area contributed by atoms with Gasteiger partial charge in [-0.3, -0.25) is 0 Å². The molecule has 0 spiro atoms. The van der Waals surface area contributed by atoms with Crippen molar-refractivity contribution in [2.75, 3.05) is 13.2 Å². The average Bonchev–Trinajstić information content (AvgIpc) is 1.55. The zero-order valence-electron chi connectivity index (χ0n) is 5.98. The summed E-state index contributed by atoms with van der Waals surface area (Å²) in [7, 11) is 0. The third-order valence-corrected chi connectivity index (χ3v) is 1.05. The summed E-state index contributed by atoms with van der Waals surface area (Å²) in [5.74, 6) is 0. The monoisotopic (exact) mass is 203 g/mol. The van der Waals surface area contributed by atoms with Gasteiger partial charge in [-0.05, 0) is 6.04 Å². The Labute approximate surface area is 81.6 Å². The molecule has 1 saturated heterocycles. The smallest absolute Gasteiger partial charge is 0 e. The summed E-state index contributed by atoms with van der Waals surface area (Å²) in [6, 6.07) is 1.90. The molecule has 0 aromatic carbocycles. The van der Waals surface area contributed by atoms with E-state index >= 15 is 0 Å². The van der Waals surface area contributed by atoms with Gasteiger partial charge in [-0.1, -0.05) is 27.1 Å². The number of hydrogen-bond acceptors (Lipinski definition) is 2. The van der Waals surface area contributed by atoms with E-state index in [0.717, 1.165) is 13.2 Å². The Kier molecular flexibility index (Phi) is 5.32. The molecule has 1 radical (unpaired) electrons. The number of nitrogens with one attached hydrogen (secondary N) is 1. The molecule has 1 aliphatic rings. The van der Waals surface area contributed by atoms with Gasteiger partial charge in [0, 0.05) is 32.7 Å². The molecule has 0 unspecified atom stereocenters. The van der Waals surface area contributed by atoms with Crippen molar-refractivity contribution in [3.63, 3.8) is 0 Å². The first-order valence-electron chi connectivity index (χ1n) is 2.98. The molecule has 2 nitrogen and oxygen atoms in total. The van der Waals surface area contributed by atoms with Crippen LogP contribution in [0.15, 0.2) is 0 Å². The minimum Gasteiger partial charge on any atom is -0.461 e.